The van der Waals surface area contributed by atoms with Crippen molar-refractivity contribution in [2.24, 2.45) is 5.92 Å². The number of para-hydroxylation sites is 1. The van der Waals surface area contributed by atoms with Gasteiger partial charge < -0.3 is 19.7 Å². The van der Waals surface area contributed by atoms with Gasteiger partial charge in [0, 0.05) is 22.9 Å². The minimum Gasteiger partial charge on any atom is -0.491 e. The van der Waals surface area contributed by atoms with Crippen LogP contribution in [0, 0.1) is 5.92 Å². The Balaban J connectivity index is 1.88. The summed E-state index contributed by atoms with van der Waals surface area (Å²) in [5.41, 5.74) is 1.17. The molecule has 3 aromatic carbocycles. The van der Waals surface area contributed by atoms with Crippen molar-refractivity contribution >= 4 is 28.5 Å². The molecule has 0 aliphatic heterocycles. The molecule has 166 valence electrons. The zero-order valence-electron chi connectivity index (χ0n) is 17.6. The van der Waals surface area contributed by atoms with E-state index in [9.17, 15) is 9.59 Å². The summed E-state index contributed by atoms with van der Waals surface area (Å²) in [5, 5.41) is 22.7. The lowest BCUT2D eigenvalue weighted by atomic mass is 9.96. The van der Waals surface area contributed by atoms with E-state index in [0.717, 1.165) is 16.8 Å². The van der Waals surface area contributed by atoms with Crippen molar-refractivity contribution in [1.82, 2.24) is 0 Å². The number of aliphatic hydroxyl groups excluding tert-OH is 1. The van der Waals surface area contributed by atoms with Crippen molar-refractivity contribution in [1.29, 1.82) is 0 Å². The first-order valence-corrected chi connectivity index (χ1v) is 10.2. The van der Waals surface area contributed by atoms with Gasteiger partial charge in [0.15, 0.2) is 0 Å². The van der Waals surface area contributed by atoms with E-state index in [1.165, 1.54) is 6.08 Å². The van der Waals surface area contributed by atoms with Crippen LogP contribution in [0.15, 0.2) is 78.9 Å². The Morgan fingerprint density at radius 3 is 2.53 bits per heavy atom. The maximum atomic E-state index is 12.9. The van der Waals surface area contributed by atoms with Gasteiger partial charge in [-0.2, -0.15) is 0 Å². The molecule has 3 aromatic rings. The molecule has 0 aliphatic carbocycles. The Hall–Kier alpha value is -3.84. The molecule has 0 saturated heterocycles. The van der Waals surface area contributed by atoms with Crippen LogP contribution in [0.25, 0.3) is 10.8 Å². The molecule has 32 heavy (non-hydrogen) atoms. The lowest BCUT2D eigenvalue weighted by molar-refractivity contribution is -0.131. The number of fused-ring (bicyclic) bond motifs is 1. The summed E-state index contributed by atoms with van der Waals surface area (Å²) in [6.45, 7) is 1.65. The summed E-state index contributed by atoms with van der Waals surface area (Å²) in [4.78, 5) is 23.9. The third-order valence-corrected chi connectivity index (χ3v) is 4.85. The van der Waals surface area contributed by atoms with Gasteiger partial charge in [-0.05, 0) is 17.5 Å². The largest absolute Gasteiger partial charge is 0.491 e. The standard InChI is InChI=1S/C25H25NO6/c1-17(13-14-23(28)29)24(20-10-4-5-12-22(20)31-16-15-27)32-25(30)26-21-11-6-8-18-7-2-3-9-19(18)21/h2-14,17,24,27H,15-16H2,1H3,(H,26,30)(H,28,29)/b14-13+/t17-,24-/m0/s1. The van der Waals surface area contributed by atoms with Crippen molar-refractivity contribution in [3.8, 4) is 5.75 Å². The molecule has 0 saturated carbocycles. The van der Waals surface area contributed by atoms with Gasteiger partial charge in [-0.15, -0.1) is 0 Å². The van der Waals surface area contributed by atoms with Gasteiger partial charge in [0.25, 0.3) is 0 Å². The SMILES string of the molecule is C[C@@H](/C=C/C(=O)O)[C@H](OC(=O)Nc1cccc2ccccc12)c1ccccc1OCCO. The number of hydrogen-bond donors (Lipinski definition) is 3. The molecule has 2 atom stereocenters. The van der Waals surface area contributed by atoms with Crippen LogP contribution in [0.1, 0.15) is 18.6 Å². The summed E-state index contributed by atoms with van der Waals surface area (Å²) in [6, 6.07) is 20.2. The summed E-state index contributed by atoms with van der Waals surface area (Å²) >= 11 is 0. The van der Waals surface area contributed by atoms with Gasteiger partial charge in [-0.3, -0.25) is 5.32 Å². The quantitative estimate of drug-likeness (QED) is 0.418. The van der Waals surface area contributed by atoms with Crippen molar-refractivity contribution in [2.75, 3.05) is 18.5 Å². The fourth-order valence-electron chi connectivity index (χ4n) is 3.38. The lowest BCUT2D eigenvalue weighted by Crippen LogP contribution is -2.22. The van der Waals surface area contributed by atoms with E-state index < -0.39 is 24.1 Å². The van der Waals surface area contributed by atoms with Gasteiger partial charge in [-0.25, -0.2) is 9.59 Å². The Kier molecular flexibility index (Phi) is 7.83. The third kappa shape index (κ3) is 5.86. The minimum absolute atomic E-state index is 0.0747. The highest BCUT2D eigenvalue weighted by Crippen LogP contribution is 2.34. The highest BCUT2D eigenvalue weighted by Gasteiger charge is 2.26. The number of carbonyl (C=O) groups excluding carboxylic acids is 1. The molecule has 0 unspecified atom stereocenters. The first-order valence-electron chi connectivity index (χ1n) is 10.2. The van der Waals surface area contributed by atoms with E-state index in [-0.39, 0.29) is 13.2 Å². The van der Waals surface area contributed by atoms with Crippen LogP contribution in [-0.2, 0) is 9.53 Å². The van der Waals surface area contributed by atoms with E-state index in [1.54, 1.807) is 37.3 Å². The molecule has 0 radical (unpaired) electrons. The highest BCUT2D eigenvalue weighted by atomic mass is 16.6. The number of aliphatic carboxylic acids is 1. The van der Waals surface area contributed by atoms with E-state index in [2.05, 4.69) is 5.32 Å². The molecule has 0 fully saturated rings. The molecule has 0 aliphatic rings. The number of amides is 1. The molecule has 0 heterocycles. The predicted molar refractivity (Wildman–Crippen MR) is 122 cm³/mol. The summed E-state index contributed by atoms with van der Waals surface area (Å²) in [7, 11) is 0. The van der Waals surface area contributed by atoms with Crippen LogP contribution in [0.5, 0.6) is 5.75 Å². The Morgan fingerprint density at radius 2 is 1.75 bits per heavy atom. The van der Waals surface area contributed by atoms with Crippen LogP contribution in [0.4, 0.5) is 10.5 Å². The maximum Gasteiger partial charge on any atom is 0.412 e. The third-order valence-electron chi connectivity index (χ3n) is 4.85. The molecule has 0 spiro atoms. The molecule has 0 bridgehead atoms. The van der Waals surface area contributed by atoms with Crippen molar-refractivity contribution in [3.05, 3.63) is 84.4 Å². The van der Waals surface area contributed by atoms with E-state index in [4.69, 9.17) is 19.7 Å². The lowest BCUT2D eigenvalue weighted by Gasteiger charge is -2.25. The smallest absolute Gasteiger partial charge is 0.412 e. The first-order chi connectivity index (χ1) is 15.5. The van der Waals surface area contributed by atoms with Crippen LogP contribution in [-0.4, -0.2) is 35.5 Å². The average molecular weight is 435 g/mol. The van der Waals surface area contributed by atoms with E-state index in [0.29, 0.717) is 17.0 Å². The van der Waals surface area contributed by atoms with Gasteiger partial charge >= 0.3 is 12.1 Å². The number of carboxylic acids is 1. The second-order valence-corrected chi connectivity index (χ2v) is 7.14. The van der Waals surface area contributed by atoms with E-state index >= 15 is 0 Å². The monoisotopic (exact) mass is 435 g/mol. The van der Waals surface area contributed by atoms with Crippen LogP contribution in [0.3, 0.4) is 0 Å². The fraction of sp³-hybridized carbons (Fsp3) is 0.200. The van der Waals surface area contributed by atoms with Crippen LogP contribution in [0.2, 0.25) is 0 Å². The Bertz CT molecular complexity index is 1110. The molecule has 3 rings (SSSR count). The fourth-order valence-corrected chi connectivity index (χ4v) is 3.38. The number of benzene rings is 3. The average Bonchev–Trinajstić information content (AvgIpc) is 2.80. The molecule has 7 heteroatoms. The molecule has 3 N–H and O–H groups in total. The highest BCUT2D eigenvalue weighted by molar-refractivity contribution is 6.00. The normalized spacial score (nSPS) is 12.9. The molecule has 0 aromatic heterocycles. The Morgan fingerprint density at radius 1 is 1.03 bits per heavy atom. The number of carbonyl (C=O) groups is 2. The second kappa shape index (κ2) is 11.0. The van der Waals surface area contributed by atoms with Gasteiger partial charge in [0.05, 0.1) is 12.3 Å². The number of nitrogens with one attached hydrogen (secondary N) is 1. The van der Waals surface area contributed by atoms with E-state index in [1.807, 2.05) is 36.4 Å². The van der Waals surface area contributed by atoms with Gasteiger partial charge in [0.1, 0.15) is 18.5 Å². The molecule has 7 nitrogen and oxygen atoms in total. The number of aliphatic hydroxyl groups is 1. The zero-order valence-corrected chi connectivity index (χ0v) is 17.6. The van der Waals surface area contributed by atoms with Gasteiger partial charge in [0.2, 0.25) is 0 Å². The number of ether oxygens (including phenoxy) is 2. The topological polar surface area (TPSA) is 105 Å². The zero-order chi connectivity index (χ0) is 22.9. The van der Waals surface area contributed by atoms with Crippen LogP contribution < -0.4 is 10.1 Å². The predicted octanol–water partition coefficient (Wildman–Crippen LogP) is 4.78. The number of rotatable bonds is 9. The second-order valence-electron chi connectivity index (χ2n) is 7.14. The first kappa shape index (κ1) is 22.8. The number of hydrogen-bond acceptors (Lipinski definition) is 5. The van der Waals surface area contributed by atoms with Crippen molar-refractivity contribution in [3.63, 3.8) is 0 Å². The van der Waals surface area contributed by atoms with Gasteiger partial charge in [-0.1, -0.05) is 67.6 Å². The molecule has 1 amide bonds. The number of anilines is 1. The van der Waals surface area contributed by atoms with Crippen LogP contribution >= 0.6 is 0 Å². The molecular formula is C25H25NO6. The maximum absolute atomic E-state index is 12.9. The summed E-state index contributed by atoms with van der Waals surface area (Å²) < 4.78 is 11.4. The summed E-state index contributed by atoms with van der Waals surface area (Å²) in [5.74, 6) is -1.12. The minimum atomic E-state index is -1.10. The summed E-state index contributed by atoms with van der Waals surface area (Å²) in [6.07, 6.45) is 0.969. The van der Waals surface area contributed by atoms with Crippen molar-refractivity contribution in [2.45, 2.75) is 13.0 Å². The molecular weight excluding hydrogens is 410 g/mol. The number of carboxylic acid groups (broad SMARTS) is 1. The Labute approximate surface area is 185 Å². The van der Waals surface area contributed by atoms with Crippen molar-refractivity contribution < 1.29 is 29.3 Å².